The maximum absolute atomic E-state index is 12.1. The summed E-state index contributed by atoms with van der Waals surface area (Å²) in [4.78, 5) is 16.2. The highest BCUT2D eigenvalue weighted by molar-refractivity contribution is 5.90. The molecule has 0 bridgehead atoms. The van der Waals surface area contributed by atoms with Gasteiger partial charge in [0, 0.05) is 12.6 Å². The highest BCUT2D eigenvalue weighted by atomic mass is 16.3. The molecule has 2 rings (SSSR count). The topological polar surface area (TPSA) is 80.0 Å². The second-order valence-corrected chi connectivity index (χ2v) is 5.18. The number of nitrogens with one attached hydrogen (secondary N) is 1. The minimum atomic E-state index is -0.322. The lowest BCUT2D eigenvalue weighted by atomic mass is 10.0. The molecule has 1 amide bonds. The largest absolute Gasteiger partial charge is 0.396 e. The van der Waals surface area contributed by atoms with E-state index in [2.05, 4.69) is 15.4 Å². The Morgan fingerprint density at radius 1 is 1.33 bits per heavy atom. The summed E-state index contributed by atoms with van der Waals surface area (Å²) >= 11 is 0. The molecule has 0 aliphatic rings. The molecule has 0 radical (unpaired) electrons. The SMILES string of the molecule is CC(C)C(CCO)NC(=O)c1ncn(-c2ccccc2)n1. The van der Waals surface area contributed by atoms with Crippen LogP contribution in [0.15, 0.2) is 36.7 Å². The summed E-state index contributed by atoms with van der Waals surface area (Å²) in [6, 6.07) is 9.39. The number of nitrogens with zero attached hydrogens (tertiary/aromatic N) is 3. The Bertz CT molecular complexity index is 580. The zero-order valence-electron chi connectivity index (χ0n) is 12.2. The number of para-hydroxylation sites is 1. The summed E-state index contributed by atoms with van der Waals surface area (Å²) in [5.74, 6) is 0.0385. The standard InChI is InChI=1S/C15H20N4O2/c1-11(2)13(8-9-20)17-15(21)14-16-10-19(18-14)12-6-4-3-5-7-12/h3-7,10-11,13,20H,8-9H2,1-2H3,(H,17,21). The van der Waals surface area contributed by atoms with Gasteiger partial charge in [0.1, 0.15) is 6.33 Å². The van der Waals surface area contributed by atoms with Gasteiger partial charge >= 0.3 is 0 Å². The number of hydrogen-bond acceptors (Lipinski definition) is 4. The third kappa shape index (κ3) is 3.88. The van der Waals surface area contributed by atoms with Gasteiger partial charge in [0.2, 0.25) is 5.82 Å². The van der Waals surface area contributed by atoms with E-state index < -0.39 is 0 Å². The molecule has 21 heavy (non-hydrogen) atoms. The van der Waals surface area contributed by atoms with Gasteiger partial charge in [0.15, 0.2) is 0 Å². The van der Waals surface area contributed by atoms with Crippen molar-refractivity contribution in [3.05, 3.63) is 42.5 Å². The van der Waals surface area contributed by atoms with Gasteiger partial charge in [-0.25, -0.2) is 9.67 Å². The number of carbonyl (C=O) groups is 1. The van der Waals surface area contributed by atoms with Crippen molar-refractivity contribution in [2.45, 2.75) is 26.3 Å². The third-order valence-corrected chi connectivity index (χ3v) is 3.28. The van der Waals surface area contributed by atoms with Gasteiger partial charge in [-0.05, 0) is 24.5 Å². The Kier molecular flexibility index (Phi) is 5.05. The lowest BCUT2D eigenvalue weighted by Gasteiger charge is -2.20. The summed E-state index contributed by atoms with van der Waals surface area (Å²) in [7, 11) is 0. The molecule has 0 fully saturated rings. The Morgan fingerprint density at radius 3 is 2.67 bits per heavy atom. The average molecular weight is 288 g/mol. The lowest BCUT2D eigenvalue weighted by Crippen LogP contribution is -2.39. The first-order valence-corrected chi connectivity index (χ1v) is 7.00. The van der Waals surface area contributed by atoms with E-state index in [1.165, 1.54) is 6.33 Å². The first kappa shape index (κ1) is 15.2. The van der Waals surface area contributed by atoms with Crippen LogP contribution >= 0.6 is 0 Å². The Balaban J connectivity index is 2.08. The Morgan fingerprint density at radius 2 is 2.05 bits per heavy atom. The Hall–Kier alpha value is -2.21. The zero-order chi connectivity index (χ0) is 15.2. The van der Waals surface area contributed by atoms with Crippen molar-refractivity contribution in [2.75, 3.05) is 6.61 Å². The van der Waals surface area contributed by atoms with Crippen molar-refractivity contribution in [2.24, 2.45) is 5.92 Å². The van der Waals surface area contributed by atoms with Gasteiger partial charge in [-0.1, -0.05) is 32.0 Å². The van der Waals surface area contributed by atoms with Gasteiger partial charge in [0.05, 0.1) is 5.69 Å². The molecule has 1 aromatic carbocycles. The van der Waals surface area contributed by atoms with Crippen LogP contribution in [0.5, 0.6) is 0 Å². The molecule has 0 saturated heterocycles. The second kappa shape index (κ2) is 6.99. The Labute approximate surface area is 123 Å². The molecule has 0 aliphatic heterocycles. The monoisotopic (exact) mass is 288 g/mol. The van der Waals surface area contributed by atoms with E-state index in [-0.39, 0.29) is 30.3 Å². The number of aliphatic hydroxyl groups is 1. The van der Waals surface area contributed by atoms with Crippen LogP contribution in [0.4, 0.5) is 0 Å². The molecule has 1 heterocycles. The van der Waals surface area contributed by atoms with Crippen LogP contribution in [-0.4, -0.2) is 38.4 Å². The van der Waals surface area contributed by atoms with Crippen molar-refractivity contribution in [3.63, 3.8) is 0 Å². The summed E-state index contributed by atoms with van der Waals surface area (Å²) in [6.45, 7) is 4.03. The summed E-state index contributed by atoms with van der Waals surface area (Å²) in [5.41, 5.74) is 0.847. The molecule has 112 valence electrons. The highest BCUT2D eigenvalue weighted by Gasteiger charge is 2.19. The van der Waals surface area contributed by atoms with Crippen LogP contribution in [0.2, 0.25) is 0 Å². The fraction of sp³-hybridized carbons (Fsp3) is 0.400. The predicted octanol–water partition coefficient (Wildman–Crippen LogP) is 1.40. The van der Waals surface area contributed by atoms with E-state index >= 15 is 0 Å². The molecule has 2 aromatic rings. The van der Waals surface area contributed by atoms with Crippen molar-refractivity contribution < 1.29 is 9.90 Å². The molecule has 2 N–H and O–H groups in total. The minimum Gasteiger partial charge on any atom is -0.396 e. The van der Waals surface area contributed by atoms with E-state index in [0.29, 0.717) is 6.42 Å². The molecule has 6 heteroatoms. The molecule has 0 saturated carbocycles. The minimum absolute atomic E-state index is 0.0367. The smallest absolute Gasteiger partial charge is 0.291 e. The number of aromatic nitrogens is 3. The molecule has 1 unspecified atom stereocenters. The fourth-order valence-corrected chi connectivity index (χ4v) is 2.02. The maximum atomic E-state index is 12.1. The number of rotatable bonds is 6. The van der Waals surface area contributed by atoms with Crippen LogP contribution in [0.3, 0.4) is 0 Å². The van der Waals surface area contributed by atoms with Crippen LogP contribution < -0.4 is 5.32 Å². The molecular formula is C15H20N4O2. The van der Waals surface area contributed by atoms with Crippen molar-refractivity contribution in [3.8, 4) is 5.69 Å². The van der Waals surface area contributed by atoms with Crippen molar-refractivity contribution in [1.82, 2.24) is 20.1 Å². The molecule has 0 aliphatic carbocycles. The van der Waals surface area contributed by atoms with Gasteiger partial charge in [0.25, 0.3) is 5.91 Å². The van der Waals surface area contributed by atoms with Crippen molar-refractivity contribution in [1.29, 1.82) is 0 Å². The predicted molar refractivity (Wildman–Crippen MR) is 79.2 cm³/mol. The summed E-state index contributed by atoms with van der Waals surface area (Å²) in [6.07, 6.45) is 2.03. The van der Waals surface area contributed by atoms with Gasteiger partial charge in [-0.15, -0.1) is 5.10 Å². The fourth-order valence-electron chi connectivity index (χ4n) is 2.02. The van der Waals surface area contributed by atoms with Gasteiger partial charge < -0.3 is 10.4 Å². The first-order chi connectivity index (χ1) is 10.1. The molecular weight excluding hydrogens is 268 g/mol. The second-order valence-electron chi connectivity index (χ2n) is 5.18. The third-order valence-electron chi connectivity index (χ3n) is 3.28. The lowest BCUT2D eigenvalue weighted by molar-refractivity contribution is 0.0906. The van der Waals surface area contributed by atoms with Gasteiger partial charge in [-0.3, -0.25) is 4.79 Å². The highest BCUT2D eigenvalue weighted by Crippen LogP contribution is 2.08. The quantitative estimate of drug-likeness (QED) is 0.842. The van der Waals surface area contributed by atoms with Gasteiger partial charge in [-0.2, -0.15) is 0 Å². The number of carbonyl (C=O) groups excluding carboxylic acids is 1. The number of aliphatic hydroxyl groups excluding tert-OH is 1. The van der Waals surface area contributed by atoms with E-state index in [1.807, 2.05) is 44.2 Å². The van der Waals surface area contributed by atoms with E-state index in [1.54, 1.807) is 4.68 Å². The normalized spacial score (nSPS) is 12.4. The van der Waals surface area contributed by atoms with E-state index in [9.17, 15) is 4.79 Å². The number of benzene rings is 1. The summed E-state index contributed by atoms with van der Waals surface area (Å²) < 4.78 is 1.56. The average Bonchev–Trinajstić information content (AvgIpc) is 2.97. The summed E-state index contributed by atoms with van der Waals surface area (Å²) in [5, 5.41) is 16.1. The zero-order valence-corrected chi connectivity index (χ0v) is 12.2. The molecule has 1 aromatic heterocycles. The van der Waals surface area contributed by atoms with Crippen molar-refractivity contribution >= 4 is 5.91 Å². The molecule has 1 atom stereocenters. The molecule has 6 nitrogen and oxygen atoms in total. The molecule has 0 spiro atoms. The maximum Gasteiger partial charge on any atom is 0.291 e. The van der Waals surface area contributed by atoms with Crippen LogP contribution in [0.25, 0.3) is 5.69 Å². The van der Waals surface area contributed by atoms with E-state index in [0.717, 1.165) is 5.69 Å². The first-order valence-electron chi connectivity index (χ1n) is 7.00. The number of hydrogen-bond donors (Lipinski definition) is 2. The van der Waals surface area contributed by atoms with E-state index in [4.69, 9.17) is 5.11 Å². The van der Waals surface area contributed by atoms with Crippen LogP contribution in [0, 0.1) is 5.92 Å². The van der Waals surface area contributed by atoms with Crippen LogP contribution in [0.1, 0.15) is 30.9 Å². The van der Waals surface area contributed by atoms with Crippen LogP contribution in [-0.2, 0) is 0 Å². The number of amides is 1.